The zero-order chi connectivity index (χ0) is 18.8. The number of anilines is 1. The maximum Gasteiger partial charge on any atom is 0.338 e. The molecule has 0 radical (unpaired) electrons. The van der Waals surface area contributed by atoms with Crippen LogP contribution in [0.3, 0.4) is 0 Å². The predicted octanol–water partition coefficient (Wildman–Crippen LogP) is 1.93. The third-order valence-electron chi connectivity index (χ3n) is 3.63. The molecule has 0 aliphatic rings. The quantitative estimate of drug-likeness (QED) is 0.676. The molecule has 0 aliphatic heterocycles. The number of esters is 1. The van der Waals surface area contributed by atoms with Crippen LogP contribution in [0.5, 0.6) is 0 Å². The molecule has 0 saturated heterocycles. The van der Waals surface area contributed by atoms with Crippen molar-refractivity contribution in [3.05, 3.63) is 39.5 Å². The number of ether oxygens (including phenoxy) is 1. The topological polar surface area (TPSA) is 116 Å². The van der Waals surface area contributed by atoms with E-state index in [1.165, 1.54) is 18.2 Å². The molecule has 0 amide bonds. The fraction of sp³-hybridized carbons (Fsp3) is 0.333. The van der Waals surface area contributed by atoms with E-state index in [-0.39, 0.29) is 29.4 Å². The van der Waals surface area contributed by atoms with Crippen molar-refractivity contribution >= 4 is 37.7 Å². The Balaban J connectivity index is 2.45. The van der Waals surface area contributed by atoms with Crippen LogP contribution in [0.1, 0.15) is 28.5 Å². The Hall–Kier alpha value is -1.91. The number of aromatic nitrogens is 2. The number of carbonyl (C=O) groups is 1. The first kappa shape index (κ1) is 19.4. The monoisotopic (exact) mass is 430 g/mol. The Kier molecular flexibility index (Phi) is 5.86. The molecule has 0 atom stereocenters. The molecule has 0 aliphatic carbocycles. The van der Waals surface area contributed by atoms with E-state index in [4.69, 9.17) is 10.5 Å². The Bertz CT molecular complexity index is 908. The van der Waals surface area contributed by atoms with Gasteiger partial charge in [0.05, 0.1) is 12.2 Å². The van der Waals surface area contributed by atoms with Crippen LogP contribution in [0.2, 0.25) is 0 Å². The van der Waals surface area contributed by atoms with Crippen molar-refractivity contribution in [1.29, 1.82) is 0 Å². The molecule has 10 heteroatoms. The lowest BCUT2D eigenvalue weighted by Crippen LogP contribution is -2.17. The minimum absolute atomic E-state index is 0.0932. The summed E-state index contributed by atoms with van der Waals surface area (Å²) < 4.78 is 34.7. The summed E-state index contributed by atoms with van der Waals surface area (Å²) >= 11 is 3.20. The molecule has 0 fully saturated rings. The van der Waals surface area contributed by atoms with Gasteiger partial charge in [-0.3, -0.25) is 9.40 Å². The zero-order valence-corrected chi connectivity index (χ0v) is 16.4. The molecule has 0 saturated carbocycles. The first-order chi connectivity index (χ1) is 11.7. The highest BCUT2D eigenvalue weighted by Crippen LogP contribution is 2.27. The third kappa shape index (κ3) is 4.02. The van der Waals surface area contributed by atoms with E-state index in [0.717, 1.165) is 5.69 Å². The Morgan fingerprint density at radius 1 is 1.44 bits per heavy atom. The lowest BCUT2D eigenvalue weighted by Gasteiger charge is -2.10. The zero-order valence-electron chi connectivity index (χ0n) is 14.0. The molecule has 1 aromatic heterocycles. The molecule has 0 unspecified atom stereocenters. The average Bonchev–Trinajstić information content (AvgIpc) is 2.80. The number of nitrogens with two attached hydrogens (primary N) is 1. The van der Waals surface area contributed by atoms with Crippen LogP contribution in [0, 0.1) is 6.92 Å². The van der Waals surface area contributed by atoms with Crippen molar-refractivity contribution in [3.63, 3.8) is 0 Å². The number of hydrogen-bond donors (Lipinski definition) is 2. The van der Waals surface area contributed by atoms with Crippen LogP contribution in [-0.2, 0) is 28.4 Å². The number of nitrogens with zero attached hydrogens (tertiary/aromatic N) is 2. The maximum atomic E-state index is 12.8. The van der Waals surface area contributed by atoms with Gasteiger partial charge < -0.3 is 10.5 Å². The van der Waals surface area contributed by atoms with Gasteiger partial charge in [0.2, 0.25) is 0 Å². The number of sulfonamides is 1. The van der Waals surface area contributed by atoms with E-state index in [1.807, 2.05) is 0 Å². The minimum Gasteiger partial charge on any atom is -0.462 e. The van der Waals surface area contributed by atoms with E-state index in [0.29, 0.717) is 10.0 Å². The van der Waals surface area contributed by atoms with Gasteiger partial charge in [0.1, 0.15) is 4.90 Å². The van der Waals surface area contributed by atoms with Crippen molar-refractivity contribution in [3.8, 4) is 0 Å². The number of rotatable bonds is 6. The highest BCUT2D eigenvalue weighted by molar-refractivity contribution is 9.10. The van der Waals surface area contributed by atoms with E-state index in [1.54, 1.807) is 25.6 Å². The average molecular weight is 431 g/mol. The number of carbonyl (C=O) groups excluding carboxylic acids is 1. The number of benzene rings is 1. The highest BCUT2D eigenvalue weighted by Gasteiger charge is 2.23. The lowest BCUT2D eigenvalue weighted by molar-refractivity contribution is 0.0526. The van der Waals surface area contributed by atoms with E-state index >= 15 is 0 Å². The summed E-state index contributed by atoms with van der Waals surface area (Å²) in [5.74, 6) is -0.432. The Morgan fingerprint density at radius 3 is 2.72 bits per heavy atom. The SMILES string of the molecule is CCOC(=O)c1ccc(Br)c(S(=O)(=O)Nc2nn(C)c(C)c2CN)c1. The van der Waals surface area contributed by atoms with Gasteiger partial charge in [-0.2, -0.15) is 5.10 Å². The van der Waals surface area contributed by atoms with Gasteiger partial charge in [-0.1, -0.05) is 0 Å². The van der Waals surface area contributed by atoms with E-state index < -0.39 is 16.0 Å². The summed E-state index contributed by atoms with van der Waals surface area (Å²) in [7, 11) is -2.29. The normalized spacial score (nSPS) is 11.4. The molecule has 136 valence electrons. The fourth-order valence-corrected chi connectivity index (χ4v) is 4.23. The third-order valence-corrected chi connectivity index (χ3v) is 5.96. The summed E-state index contributed by atoms with van der Waals surface area (Å²) in [6, 6.07) is 4.22. The van der Waals surface area contributed by atoms with Crippen LogP contribution < -0.4 is 10.5 Å². The van der Waals surface area contributed by atoms with E-state index in [9.17, 15) is 13.2 Å². The van der Waals surface area contributed by atoms with Crippen LogP contribution >= 0.6 is 15.9 Å². The standard InChI is InChI=1S/C15H19BrN4O4S/c1-4-24-15(21)10-5-6-12(16)13(7-10)25(22,23)19-14-11(8-17)9(2)20(3)18-14/h5-7H,4,8,17H2,1-3H3,(H,18,19). The second-order valence-corrected chi connectivity index (χ2v) is 7.72. The molecular weight excluding hydrogens is 412 g/mol. The van der Waals surface area contributed by atoms with Crippen molar-refractivity contribution < 1.29 is 17.9 Å². The molecule has 8 nitrogen and oxygen atoms in total. The molecule has 1 aromatic carbocycles. The summed E-state index contributed by atoms with van der Waals surface area (Å²) in [4.78, 5) is 11.8. The molecule has 2 rings (SSSR count). The van der Waals surface area contributed by atoms with Crippen LogP contribution in [0.15, 0.2) is 27.6 Å². The molecule has 25 heavy (non-hydrogen) atoms. The lowest BCUT2D eigenvalue weighted by atomic mass is 10.2. The summed E-state index contributed by atoms with van der Waals surface area (Å²) in [6.45, 7) is 3.81. The maximum absolute atomic E-state index is 12.8. The molecule has 1 heterocycles. The fourth-order valence-electron chi connectivity index (χ4n) is 2.21. The minimum atomic E-state index is -3.99. The van der Waals surface area contributed by atoms with E-state index in [2.05, 4.69) is 25.8 Å². The summed E-state index contributed by atoms with van der Waals surface area (Å²) in [5.41, 5.74) is 7.20. The van der Waals surface area contributed by atoms with Crippen LogP contribution in [0.4, 0.5) is 5.82 Å². The summed E-state index contributed by atoms with van der Waals surface area (Å²) in [5, 5.41) is 4.15. The summed E-state index contributed by atoms with van der Waals surface area (Å²) in [6.07, 6.45) is 0. The molecule has 0 spiro atoms. The largest absolute Gasteiger partial charge is 0.462 e. The van der Waals surface area contributed by atoms with Crippen molar-refractivity contribution in [2.45, 2.75) is 25.3 Å². The van der Waals surface area contributed by atoms with Gasteiger partial charge in [0, 0.05) is 29.3 Å². The number of halogens is 1. The van der Waals surface area contributed by atoms with Gasteiger partial charge in [0.25, 0.3) is 10.0 Å². The Morgan fingerprint density at radius 2 is 2.12 bits per heavy atom. The number of hydrogen-bond acceptors (Lipinski definition) is 6. The predicted molar refractivity (Wildman–Crippen MR) is 96.7 cm³/mol. The Labute approximate surface area is 154 Å². The van der Waals surface area contributed by atoms with Crippen molar-refractivity contribution in [2.75, 3.05) is 11.3 Å². The number of aryl methyl sites for hydroxylation is 1. The van der Waals surface area contributed by atoms with Gasteiger partial charge >= 0.3 is 5.97 Å². The first-order valence-corrected chi connectivity index (χ1v) is 9.71. The second-order valence-electron chi connectivity index (χ2n) is 5.21. The van der Waals surface area contributed by atoms with Crippen molar-refractivity contribution in [1.82, 2.24) is 9.78 Å². The molecule has 3 N–H and O–H groups in total. The smallest absolute Gasteiger partial charge is 0.338 e. The molecule has 2 aromatic rings. The van der Waals surface area contributed by atoms with Crippen LogP contribution in [0.25, 0.3) is 0 Å². The molecular formula is C15H19BrN4O4S. The second kappa shape index (κ2) is 7.54. The number of nitrogens with one attached hydrogen (secondary N) is 1. The van der Waals surface area contributed by atoms with Gasteiger partial charge in [0.15, 0.2) is 5.82 Å². The van der Waals surface area contributed by atoms with Gasteiger partial charge in [-0.15, -0.1) is 0 Å². The van der Waals surface area contributed by atoms with Crippen LogP contribution in [-0.4, -0.2) is 30.8 Å². The highest BCUT2D eigenvalue weighted by atomic mass is 79.9. The first-order valence-electron chi connectivity index (χ1n) is 7.43. The van der Waals surface area contributed by atoms with Gasteiger partial charge in [-0.25, -0.2) is 13.2 Å². The van der Waals surface area contributed by atoms with Crippen molar-refractivity contribution in [2.24, 2.45) is 12.8 Å². The molecule has 0 bridgehead atoms. The van der Waals surface area contributed by atoms with Gasteiger partial charge in [-0.05, 0) is 48.0 Å².